The highest BCUT2D eigenvalue weighted by atomic mass is 15.2. The molecule has 0 aliphatic heterocycles. The van der Waals surface area contributed by atoms with Crippen LogP contribution < -0.4 is 5.73 Å². The van der Waals surface area contributed by atoms with Crippen LogP contribution in [-0.2, 0) is 13.0 Å². The third-order valence-electron chi connectivity index (χ3n) is 4.15. The molecule has 0 spiro atoms. The van der Waals surface area contributed by atoms with Crippen molar-refractivity contribution in [1.82, 2.24) is 4.90 Å². The van der Waals surface area contributed by atoms with Crippen LogP contribution >= 0.6 is 0 Å². The summed E-state index contributed by atoms with van der Waals surface area (Å²) in [6.07, 6.45) is 5.10. The summed E-state index contributed by atoms with van der Waals surface area (Å²) in [5.41, 5.74) is 9.53. The quantitative estimate of drug-likeness (QED) is 0.780. The number of benzene rings is 2. The summed E-state index contributed by atoms with van der Waals surface area (Å²) in [6, 6.07) is 19.9. The van der Waals surface area contributed by atoms with Gasteiger partial charge in [-0.05, 0) is 55.5 Å². The molecule has 2 N–H and O–H groups in total. The van der Waals surface area contributed by atoms with Gasteiger partial charge in [0.05, 0.1) is 0 Å². The first kappa shape index (κ1) is 14.2. The molecule has 3 rings (SSSR count). The average molecular weight is 280 g/mol. The van der Waals surface area contributed by atoms with Gasteiger partial charge in [-0.25, -0.2) is 0 Å². The number of anilines is 1. The van der Waals surface area contributed by atoms with Crippen molar-refractivity contribution in [2.24, 2.45) is 0 Å². The minimum Gasteiger partial charge on any atom is -0.399 e. The van der Waals surface area contributed by atoms with Crippen LogP contribution in [0.5, 0.6) is 0 Å². The topological polar surface area (TPSA) is 29.3 Å². The summed E-state index contributed by atoms with van der Waals surface area (Å²) < 4.78 is 0. The SMILES string of the molecule is Nc1cccc(CN(CCCc2ccccc2)C2CC2)c1. The van der Waals surface area contributed by atoms with Gasteiger partial charge >= 0.3 is 0 Å². The van der Waals surface area contributed by atoms with Gasteiger partial charge in [0.25, 0.3) is 0 Å². The molecule has 0 aromatic heterocycles. The highest BCUT2D eigenvalue weighted by molar-refractivity contribution is 5.40. The molecule has 1 aliphatic carbocycles. The molecule has 0 amide bonds. The Morgan fingerprint density at radius 1 is 0.952 bits per heavy atom. The van der Waals surface area contributed by atoms with Crippen LogP contribution in [0, 0.1) is 0 Å². The highest BCUT2D eigenvalue weighted by Crippen LogP contribution is 2.28. The molecule has 0 saturated heterocycles. The van der Waals surface area contributed by atoms with Crippen molar-refractivity contribution in [1.29, 1.82) is 0 Å². The monoisotopic (exact) mass is 280 g/mol. The van der Waals surface area contributed by atoms with E-state index in [9.17, 15) is 0 Å². The first-order valence-electron chi connectivity index (χ1n) is 7.93. The number of rotatable bonds is 7. The van der Waals surface area contributed by atoms with Gasteiger partial charge in [-0.1, -0.05) is 42.5 Å². The Balaban J connectivity index is 1.53. The standard InChI is InChI=1S/C19H24N2/c20-18-10-4-8-17(14-18)15-21(19-11-12-19)13-5-9-16-6-2-1-3-7-16/h1-4,6-8,10,14,19H,5,9,11-13,15,20H2. The summed E-state index contributed by atoms with van der Waals surface area (Å²) >= 11 is 0. The van der Waals surface area contributed by atoms with Gasteiger partial charge in [-0.15, -0.1) is 0 Å². The van der Waals surface area contributed by atoms with E-state index in [1.165, 1.54) is 43.4 Å². The lowest BCUT2D eigenvalue weighted by molar-refractivity contribution is 0.251. The molecular weight excluding hydrogens is 256 g/mol. The zero-order valence-corrected chi connectivity index (χ0v) is 12.5. The molecule has 0 bridgehead atoms. The van der Waals surface area contributed by atoms with Crippen molar-refractivity contribution < 1.29 is 0 Å². The zero-order chi connectivity index (χ0) is 14.5. The van der Waals surface area contributed by atoms with Crippen LogP contribution in [0.3, 0.4) is 0 Å². The van der Waals surface area contributed by atoms with Crippen molar-refractivity contribution in [2.45, 2.75) is 38.3 Å². The summed E-state index contributed by atoms with van der Waals surface area (Å²) in [5, 5.41) is 0. The van der Waals surface area contributed by atoms with E-state index in [2.05, 4.69) is 53.4 Å². The summed E-state index contributed by atoms with van der Waals surface area (Å²) in [6.45, 7) is 2.21. The molecule has 0 heterocycles. The van der Waals surface area contributed by atoms with Crippen molar-refractivity contribution in [2.75, 3.05) is 12.3 Å². The smallest absolute Gasteiger partial charge is 0.0317 e. The summed E-state index contributed by atoms with van der Waals surface area (Å²) in [7, 11) is 0. The van der Waals surface area contributed by atoms with Gasteiger partial charge in [0.1, 0.15) is 0 Å². The normalized spacial score (nSPS) is 14.5. The number of nitrogen functional groups attached to an aromatic ring is 1. The van der Waals surface area contributed by atoms with E-state index in [1.54, 1.807) is 0 Å². The van der Waals surface area contributed by atoms with Gasteiger partial charge in [0, 0.05) is 18.3 Å². The predicted octanol–water partition coefficient (Wildman–Crippen LogP) is 3.87. The van der Waals surface area contributed by atoms with E-state index >= 15 is 0 Å². The molecule has 0 atom stereocenters. The summed E-state index contributed by atoms with van der Waals surface area (Å²) in [4.78, 5) is 2.62. The fourth-order valence-electron chi connectivity index (χ4n) is 2.89. The van der Waals surface area contributed by atoms with Crippen molar-refractivity contribution in [3.05, 3.63) is 65.7 Å². The minimum absolute atomic E-state index is 0.794. The Labute approximate surface area is 127 Å². The van der Waals surface area contributed by atoms with E-state index < -0.39 is 0 Å². The molecule has 1 saturated carbocycles. The van der Waals surface area contributed by atoms with E-state index in [0.717, 1.165) is 18.3 Å². The molecule has 2 heteroatoms. The second-order valence-corrected chi connectivity index (χ2v) is 6.04. The lowest BCUT2D eigenvalue weighted by atomic mass is 10.1. The van der Waals surface area contributed by atoms with Crippen LogP contribution in [0.15, 0.2) is 54.6 Å². The fraction of sp³-hybridized carbons (Fsp3) is 0.368. The lowest BCUT2D eigenvalue weighted by Crippen LogP contribution is -2.27. The molecule has 21 heavy (non-hydrogen) atoms. The van der Waals surface area contributed by atoms with Gasteiger partial charge < -0.3 is 5.73 Å². The molecule has 0 unspecified atom stereocenters. The van der Waals surface area contributed by atoms with Crippen LogP contribution in [0.25, 0.3) is 0 Å². The van der Waals surface area contributed by atoms with Crippen LogP contribution in [0.2, 0.25) is 0 Å². The molecule has 110 valence electrons. The first-order valence-corrected chi connectivity index (χ1v) is 7.93. The number of aryl methyl sites for hydroxylation is 1. The van der Waals surface area contributed by atoms with E-state index in [4.69, 9.17) is 5.73 Å². The predicted molar refractivity (Wildman–Crippen MR) is 89.0 cm³/mol. The van der Waals surface area contributed by atoms with Crippen LogP contribution in [-0.4, -0.2) is 17.5 Å². The largest absolute Gasteiger partial charge is 0.399 e. The van der Waals surface area contributed by atoms with Gasteiger partial charge in [-0.2, -0.15) is 0 Å². The Kier molecular flexibility index (Phi) is 4.56. The number of hydrogen-bond donors (Lipinski definition) is 1. The molecule has 2 nitrogen and oxygen atoms in total. The number of nitrogens with zero attached hydrogens (tertiary/aromatic N) is 1. The minimum atomic E-state index is 0.794. The second-order valence-electron chi connectivity index (χ2n) is 6.04. The van der Waals surface area contributed by atoms with Crippen molar-refractivity contribution >= 4 is 5.69 Å². The third kappa shape index (κ3) is 4.33. The van der Waals surface area contributed by atoms with Crippen LogP contribution in [0.4, 0.5) is 5.69 Å². The molecule has 0 radical (unpaired) electrons. The van der Waals surface area contributed by atoms with E-state index in [1.807, 2.05) is 6.07 Å². The second kappa shape index (κ2) is 6.77. The Morgan fingerprint density at radius 2 is 1.71 bits per heavy atom. The first-order chi connectivity index (χ1) is 10.3. The number of nitrogens with two attached hydrogens (primary N) is 1. The lowest BCUT2D eigenvalue weighted by Gasteiger charge is -2.22. The average Bonchev–Trinajstić information content (AvgIpc) is 3.32. The van der Waals surface area contributed by atoms with E-state index in [-0.39, 0.29) is 0 Å². The Morgan fingerprint density at radius 3 is 2.43 bits per heavy atom. The maximum atomic E-state index is 5.88. The van der Waals surface area contributed by atoms with Crippen molar-refractivity contribution in [3.8, 4) is 0 Å². The molecule has 1 fully saturated rings. The van der Waals surface area contributed by atoms with Gasteiger partial charge in [0.2, 0.25) is 0 Å². The Hall–Kier alpha value is -1.80. The van der Waals surface area contributed by atoms with Crippen LogP contribution in [0.1, 0.15) is 30.4 Å². The van der Waals surface area contributed by atoms with Gasteiger partial charge in [-0.3, -0.25) is 4.90 Å². The third-order valence-corrected chi connectivity index (χ3v) is 4.15. The number of hydrogen-bond acceptors (Lipinski definition) is 2. The maximum absolute atomic E-state index is 5.88. The summed E-state index contributed by atoms with van der Waals surface area (Å²) in [5.74, 6) is 0. The molecule has 2 aromatic carbocycles. The zero-order valence-electron chi connectivity index (χ0n) is 12.5. The highest BCUT2D eigenvalue weighted by Gasteiger charge is 2.28. The fourth-order valence-corrected chi connectivity index (χ4v) is 2.89. The molecule has 2 aromatic rings. The maximum Gasteiger partial charge on any atom is 0.0317 e. The van der Waals surface area contributed by atoms with E-state index in [0.29, 0.717) is 0 Å². The van der Waals surface area contributed by atoms with Crippen molar-refractivity contribution in [3.63, 3.8) is 0 Å². The molecule has 1 aliphatic rings. The molecular formula is C19H24N2. The van der Waals surface area contributed by atoms with Gasteiger partial charge in [0.15, 0.2) is 0 Å². The Bertz CT molecular complexity index is 561.